The van der Waals surface area contributed by atoms with Crippen LogP contribution in [0, 0.1) is 20.8 Å². The van der Waals surface area contributed by atoms with Gasteiger partial charge in [0.2, 0.25) is 0 Å². The van der Waals surface area contributed by atoms with Gasteiger partial charge in [-0.05, 0) is 31.9 Å². The molecule has 5 heteroatoms. The number of aromatic nitrogens is 3. The Balaban J connectivity index is 2.26. The Bertz CT molecular complexity index is 770. The molecule has 0 saturated heterocycles. The lowest BCUT2D eigenvalue weighted by Crippen LogP contribution is -1.90. The molecule has 0 saturated carbocycles. The van der Waals surface area contributed by atoms with Crippen LogP contribution in [0.25, 0.3) is 21.7 Å². The molecule has 2 aromatic heterocycles. The molecule has 102 valence electrons. The normalized spacial score (nSPS) is 10.9. The first-order chi connectivity index (χ1) is 9.58. The van der Waals surface area contributed by atoms with Gasteiger partial charge in [-0.3, -0.25) is 5.10 Å². The van der Waals surface area contributed by atoms with E-state index in [1.165, 1.54) is 5.56 Å². The highest BCUT2D eigenvalue weighted by Gasteiger charge is 2.19. The summed E-state index contributed by atoms with van der Waals surface area (Å²) in [5.74, 6) is 0.528. The van der Waals surface area contributed by atoms with Crippen LogP contribution in [0.4, 0.5) is 5.82 Å². The molecule has 0 amide bonds. The Morgan fingerprint density at radius 2 is 1.90 bits per heavy atom. The fourth-order valence-corrected chi connectivity index (χ4v) is 3.33. The van der Waals surface area contributed by atoms with Crippen LogP contribution in [0.15, 0.2) is 24.3 Å². The van der Waals surface area contributed by atoms with Gasteiger partial charge in [0.1, 0.15) is 0 Å². The Labute approximate surface area is 121 Å². The van der Waals surface area contributed by atoms with Crippen LogP contribution < -0.4 is 5.73 Å². The number of nitrogens with one attached hydrogen (secondary N) is 1. The van der Waals surface area contributed by atoms with E-state index in [9.17, 15) is 0 Å². The van der Waals surface area contributed by atoms with Gasteiger partial charge in [-0.2, -0.15) is 5.10 Å². The van der Waals surface area contributed by atoms with Gasteiger partial charge in [0.05, 0.1) is 26.8 Å². The van der Waals surface area contributed by atoms with E-state index in [4.69, 9.17) is 5.73 Å². The standard InChI is InChI=1S/C15H16N4S/c1-8-6-4-5-7-11(8)12-13(18-19-15(12)16)14-9(2)17-10(3)20-14/h4-7H,1-3H3,(H3,16,18,19). The van der Waals surface area contributed by atoms with Gasteiger partial charge in [0.25, 0.3) is 0 Å². The van der Waals surface area contributed by atoms with Gasteiger partial charge in [0, 0.05) is 0 Å². The number of rotatable bonds is 2. The van der Waals surface area contributed by atoms with Gasteiger partial charge in [-0.25, -0.2) is 4.98 Å². The molecule has 0 fully saturated rings. The fraction of sp³-hybridized carbons (Fsp3) is 0.200. The minimum Gasteiger partial charge on any atom is -0.382 e. The van der Waals surface area contributed by atoms with Crippen molar-refractivity contribution >= 4 is 17.2 Å². The minimum absolute atomic E-state index is 0.528. The number of aromatic amines is 1. The van der Waals surface area contributed by atoms with Crippen molar-refractivity contribution in [3.63, 3.8) is 0 Å². The molecule has 3 aromatic rings. The highest BCUT2D eigenvalue weighted by Crippen LogP contribution is 2.39. The molecule has 3 N–H and O–H groups in total. The Hall–Kier alpha value is -2.14. The second-order valence-corrected chi connectivity index (χ2v) is 6.02. The van der Waals surface area contributed by atoms with Crippen LogP contribution in [-0.4, -0.2) is 15.2 Å². The Morgan fingerprint density at radius 1 is 1.15 bits per heavy atom. The molecular formula is C15H16N4S. The second-order valence-electron chi connectivity index (χ2n) is 4.82. The average Bonchev–Trinajstić information content (AvgIpc) is 2.93. The molecule has 3 rings (SSSR count). The number of nitrogens with zero attached hydrogens (tertiary/aromatic N) is 2. The Morgan fingerprint density at radius 3 is 2.55 bits per heavy atom. The summed E-state index contributed by atoms with van der Waals surface area (Å²) >= 11 is 1.66. The van der Waals surface area contributed by atoms with Crippen molar-refractivity contribution in [1.29, 1.82) is 0 Å². The van der Waals surface area contributed by atoms with E-state index in [0.29, 0.717) is 5.82 Å². The number of thiazole rings is 1. The number of hydrogen-bond donors (Lipinski definition) is 2. The van der Waals surface area contributed by atoms with Crippen LogP contribution in [-0.2, 0) is 0 Å². The smallest absolute Gasteiger partial charge is 0.153 e. The number of hydrogen-bond acceptors (Lipinski definition) is 4. The highest BCUT2D eigenvalue weighted by molar-refractivity contribution is 7.15. The lowest BCUT2D eigenvalue weighted by atomic mass is 9.99. The largest absolute Gasteiger partial charge is 0.382 e. The summed E-state index contributed by atoms with van der Waals surface area (Å²) in [4.78, 5) is 5.59. The molecular weight excluding hydrogens is 268 g/mol. The highest BCUT2D eigenvalue weighted by atomic mass is 32.1. The first kappa shape index (κ1) is 12.9. The lowest BCUT2D eigenvalue weighted by molar-refractivity contribution is 1.10. The monoisotopic (exact) mass is 284 g/mol. The molecule has 0 atom stereocenters. The van der Waals surface area contributed by atoms with E-state index in [0.717, 1.165) is 32.4 Å². The molecule has 0 aliphatic carbocycles. The van der Waals surface area contributed by atoms with Crippen molar-refractivity contribution in [2.75, 3.05) is 5.73 Å². The number of anilines is 1. The molecule has 4 nitrogen and oxygen atoms in total. The van der Waals surface area contributed by atoms with Crippen LogP contribution in [0.5, 0.6) is 0 Å². The number of H-pyrrole nitrogens is 1. The van der Waals surface area contributed by atoms with Crippen molar-refractivity contribution in [3.05, 3.63) is 40.5 Å². The summed E-state index contributed by atoms with van der Waals surface area (Å²) in [6, 6.07) is 8.19. The molecule has 1 aromatic carbocycles. The number of benzene rings is 1. The van der Waals surface area contributed by atoms with Gasteiger partial charge in [-0.15, -0.1) is 11.3 Å². The van der Waals surface area contributed by atoms with Crippen molar-refractivity contribution in [2.24, 2.45) is 0 Å². The second kappa shape index (κ2) is 4.76. The van der Waals surface area contributed by atoms with Crippen molar-refractivity contribution in [1.82, 2.24) is 15.2 Å². The van der Waals surface area contributed by atoms with Crippen molar-refractivity contribution < 1.29 is 0 Å². The molecule has 0 aliphatic heterocycles. The molecule has 2 heterocycles. The first-order valence-electron chi connectivity index (χ1n) is 6.42. The summed E-state index contributed by atoms with van der Waals surface area (Å²) < 4.78 is 0. The summed E-state index contributed by atoms with van der Waals surface area (Å²) in [6.45, 7) is 6.10. The van der Waals surface area contributed by atoms with Crippen molar-refractivity contribution in [2.45, 2.75) is 20.8 Å². The minimum atomic E-state index is 0.528. The number of nitrogens with two attached hydrogens (primary N) is 1. The molecule has 0 bridgehead atoms. The summed E-state index contributed by atoms with van der Waals surface area (Å²) in [7, 11) is 0. The topological polar surface area (TPSA) is 67.6 Å². The quantitative estimate of drug-likeness (QED) is 0.754. The van der Waals surface area contributed by atoms with Crippen molar-refractivity contribution in [3.8, 4) is 21.7 Å². The van der Waals surface area contributed by atoms with Gasteiger partial charge in [0.15, 0.2) is 5.82 Å². The third-order valence-corrected chi connectivity index (χ3v) is 4.43. The van der Waals surface area contributed by atoms with Crippen LogP contribution in [0.1, 0.15) is 16.3 Å². The molecule has 0 aliphatic rings. The van der Waals surface area contributed by atoms with E-state index in [1.807, 2.05) is 26.0 Å². The summed E-state index contributed by atoms with van der Waals surface area (Å²) in [5, 5.41) is 8.30. The lowest BCUT2D eigenvalue weighted by Gasteiger charge is -2.07. The zero-order valence-corrected chi connectivity index (χ0v) is 12.5. The molecule has 0 radical (unpaired) electrons. The number of aryl methyl sites for hydroxylation is 3. The third-order valence-electron chi connectivity index (χ3n) is 3.34. The third kappa shape index (κ3) is 2.00. The van der Waals surface area contributed by atoms with Gasteiger partial charge in [-0.1, -0.05) is 24.3 Å². The number of nitrogen functional groups attached to an aromatic ring is 1. The van der Waals surface area contributed by atoms with Gasteiger partial charge < -0.3 is 5.73 Å². The maximum Gasteiger partial charge on any atom is 0.153 e. The van der Waals surface area contributed by atoms with Gasteiger partial charge >= 0.3 is 0 Å². The first-order valence-corrected chi connectivity index (χ1v) is 7.24. The van der Waals surface area contributed by atoms with E-state index in [-0.39, 0.29) is 0 Å². The van der Waals surface area contributed by atoms with Crippen LogP contribution in [0.3, 0.4) is 0 Å². The van der Waals surface area contributed by atoms with E-state index < -0.39 is 0 Å². The van der Waals surface area contributed by atoms with Crippen LogP contribution >= 0.6 is 11.3 Å². The van der Waals surface area contributed by atoms with E-state index >= 15 is 0 Å². The molecule has 0 spiro atoms. The summed E-state index contributed by atoms with van der Waals surface area (Å²) in [6.07, 6.45) is 0. The Kier molecular flexibility index (Phi) is 3.06. The zero-order chi connectivity index (χ0) is 14.3. The average molecular weight is 284 g/mol. The predicted molar refractivity (Wildman–Crippen MR) is 83.8 cm³/mol. The maximum atomic E-state index is 6.08. The SMILES string of the molecule is Cc1nc(C)c(-c2[nH]nc(N)c2-c2ccccc2C)s1. The summed E-state index contributed by atoms with van der Waals surface area (Å²) in [5.41, 5.74) is 11.3. The van der Waals surface area contributed by atoms with E-state index in [2.05, 4.69) is 34.2 Å². The molecule has 20 heavy (non-hydrogen) atoms. The van der Waals surface area contributed by atoms with Crippen LogP contribution in [0.2, 0.25) is 0 Å². The fourth-order valence-electron chi connectivity index (χ4n) is 2.41. The zero-order valence-electron chi connectivity index (χ0n) is 11.7. The molecule has 0 unspecified atom stereocenters. The maximum absolute atomic E-state index is 6.08. The predicted octanol–water partition coefficient (Wildman–Crippen LogP) is 3.71. The van der Waals surface area contributed by atoms with E-state index in [1.54, 1.807) is 11.3 Å².